The molecular formula is C25H29ClN4O3. The molecule has 2 fully saturated rings. The van der Waals surface area contributed by atoms with E-state index >= 15 is 0 Å². The third-order valence-corrected chi connectivity index (χ3v) is 6.74. The number of halogens is 1. The van der Waals surface area contributed by atoms with Crippen molar-refractivity contribution in [3.63, 3.8) is 0 Å². The molecule has 2 unspecified atom stereocenters. The second kappa shape index (κ2) is 9.93. The van der Waals surface area contributed by atoms with Gasteiger partial charge >= 0.3 is 6.03 Å². The van der Waals surface area contributed by atoms with Crippen LogP contribution in [0.2, 0.25) is 5.02 Å². The van der Waals surface area contributed by atoms with Gasteiger partial charge in [0.25, 0.3) is 5.91 Å². The van der Waals surface area contributed by atoms with E-state index < -0.39 is 12.1 Å². The molecule has 0 spiro atoms. The van der Waals surface area contributed by atoms with Crippen molar-refractivity contribution in [2.24, 2.45) is 0 Å². The fourth-order valence-corrected chi connectivity index (χ4v) is 4.82. The number of urea groups is 1. The zero-order valence-corrected chi connectivity index (χ0v) is 19.7. The summed E-state index contributed by atoms with van der Waals surface area (Å²) < 4.78 is 0. The Kier molecular flexibility index (Phi) is 7.00. The van der Waals surface area contributed by atoms with Crippen LogP contribution in [-0.2, 0) is 9.59 Å². The second-order valence-corrected chi connectivity index (χ2v) is 9.08. The van der Waals surface area contributed by atoms with Crippen LogP contribution in [0.1, 0.15) is 36.9 Å². The van der Waals surface area contributed by atoms with Crippen LogP contribution in [0.4, 0.5) is 10.5 Å². The summed E-state index contributed by atoms with van der Waals surface area (Å²) in [6.07, 6.45) is 2.22. The van der Waals surface area contributed by atoms with Crippen molar-refractivity contribution in [1.29, 1.82) is 0 Å². The molecule has 0 bridgehead atoms. The molecule has 7 nitrogen and oxygen atoms in total. The van der Waals surface area contributed by atoms with Crippen molar-refractivity contribution in [3.8, 4) is 0 Å². The quantitative estimate of drug-likeness (QED) is 0.628. The second-order valence-electron chi connectivity index (χ2n) is 8.67. The van der Waals surface area contributed by atoms with Crippen molar-refractivity contribution in [2.75, 3.05) is 31.1 Å². The number of imide groups is 1. The Bertz CT molecular complexity index is 1040. The maximum absolute atomic E-state index is 13.0. The van der Waals surface area contributed by atoms with Crippen molar-refractivity contribution in [1.82, 2.24) is 15.1 Å². The number of benzene rings is 2. The first-order valence-electron chi connectivity index (χ1n) is 11.3. The maximum atomic E-state index is 13.0. The number of rotatable bonds is 7. The lowest BCUT2D eigenvalue weighted by Crippen LogP contribution is -2.44. The van der Waals surface area contributed by atoms with E-state index in [0.29, 0.717) is 17.3 Å². The summed E-state index contributed by atoms with van der Waals surface area (Å²) in [6, 6.07) is 13.9. The Morgan fingerprint density at radius 1 is 1.09 bits per heavy atom. The normalized spacial score (nSPS) is 19.9. The smallest absolute Gasteiger partial charge is 0.332 e. The summed E-state index contributed by atoms with van der Waals surface area (Å²) in [6.45, 7) is 5.57. The first-order valence-corrected chi connectivity index (χ1v) is 11.7. The van der Waals surface area contributed by atoms with Gasteiger partial charge in [0.15, 0.2) is 0 Å². The zero-order chi connectivity index (χ0) is 23.5. The number of hydrogen-bond donors (Lipinski definition) is 1. The number of nitrogens with one attached hydrogen (secondary N) is 1. The summed E-state index contributed by atoms with van der Waals surface area (Å²) in [7, 11) is 0. The monoisotopic (exact) mass is 468 g/mol. The van der Waals surface area contributed by atoms with Gasteiger partial charge in [-0.1, -0.05) is 47.5 Å². The molecule has 2 aliphatic heterocycles. The Hall–Kier alpha value is -2.90. The summed E-state index contributed by atoms with van der Waals surface area (Å²) in [5.41, 5.74) is 2.67. The van der Waals surface area contributed by atoms with Gasteiger partial charge in [-0.3, -0.25) is 24.3 Å². The van der Waals surface area contributed by atoms with Gasteiger partial charge in [-0.15, -0.1) is 0 Å². The Labute approximate surface area is 199 Å². The summed E-state index contributed by atoms with van der Waals surface area (Å²) in [5.74, 6) is -0.746. The lowest BCUT2D eigenvalue weighted by molar-refractivity contribution is -0.132. The van der Waals surface area contributed by atoms with Gasteiger partial charge in [0.2, 0.25) is 5.91 Å². The average Bonchev–Trinajstić information content (AvgIpc) is 3.40. The van der Waals surface area contributed by atoms with E-state index in [9.17, 15) is 14.4 Å². The molecule has 2 atom stereocenters. The molecular weight excluding hydrogens is 440 g/mol. The number of aryl methyl sites for hydroxylation is 1. The standard InChI is InChI=1S/C25H29ClN4O3/c1-17-9-11-19(12-10-17)30-18(2)24(32)29(25(30)33)16-23(31)27-15-22(28-13-5-6-14-28)20-7-3-4-8-21(20)26/h3-4,7-12,18,22H,5-6,13-16H2,1-2H3,(H,27,31). The van der Waals surface area contributed by atoms with Gasteiger partial charge in [0.1, 0.15) is 12.6 Å². The van der Waals surface area contributed by atoms with Gasteiger partial charge in [-0.2, -0.15) is 0 Å². The number of carbonyl (C=O) groups is 3. The van der Waals surface area contributed by atoms with E-state index in [2.05, 4.69) is 10.2 Å². The fourth-order valence-electron chi connectivity index (χ4n) is 4.56. The number of amides is 4. The van der Waals surface area contributed by atoms with Gasteiger partial charge in [-0.05, 0) is 63.5 Å². The molecule has 2 aromatic rings. The highest BCUT2D eigenvalue weighted by atomic mass is 35.5. The van der Waals surface area contributed by atoms with Gasteiger partial charge < -0.3 is 5.32 Å². The Morgan fingerprint density at radius 2 is 1.76 bits per heavy atom. The molecule has 2 aromatic carbocycles. The van der Waals surface area contributed by atoms with E-state index in [0.717, 1.165) is 42.0 Å². The van der Waals surface area contributed by atoms with Gasteiger partial charge in [0, 0.05) is 17.3 Å². The molecule has 2 heterocycles. The number of nitrogens with zero attached hydrogens (tertiary/aromatic N) is 3. The lowest BCUT2D eigenvalue weighted by atomic mass is 10.1. The molecule has 0 radical (unpaired) electrons. The van der Waals surface area contributed by atoms with Gasteiger partial charge in [-0.25, -0.2) is 4.79 Å². The van der Waals surface area contributed by atoms with Crippen LogP contribution in [0.25, 0.3) is 0 Å². The van der Waals surface area contributed by atoms with Crippen molar-refractivity contribution in [3.05, 3.63) is 64.7 Å². The number of likely N-dealkylation sites (tertiary alicyclic amines) is 1. The van der Waals surface area contributed by atoms with E-state index in [1.54, 1.807) is 6.92 Å². The predicted molar refractivity (Wildman–Crippen MR) is 128 cm³/mol. The first kappa shape index (κ1) is 23.3. The lowest BCUT2D eigenvalue weighted by Gasteiger charge is -2.29. The summed E-state index contributed by atoms with van der Waals surface area (Å²) >= 11 is 6.45. The third-order valence-electron chi connectivity index (χ3n) is 6.40. The predicted octanol–water partition coefficient (Wildman–Crippen LogP) is 3.76. The number of hydrogen-bond acceptors (Lipinski definition) is 4. The first-order chi connectivity index (χ1) is 15.9. The highest BCUT2D eigenvalue weighted by Gasteiger charge is 2.44. The van der Waals surface area contributed by atoms with Crippen LogP contribution in [0.3, 0.4) is 0 Å². The molecule has 33 heavy (non-hydrogen) atoms. The van der Waals surface area contributed by atoms with Crippen molar-refractivity contribution in [2.45, 2.75) is 38.8 Å². The van der Waals surface area contributed by atoms with E-state index in [-0.39, 0.29) is 24.4 Å². The molecule has 0 saturated carbocycles. The average molecular weight is 469 g/mol. The molecule has 2 aliphatic rings. The molecule has 0 aromatic heterocycles. The number of carbonyl (C=O) groups excluding carboxylic acids is 3. The minimum atomic E-state index is -0.659. The number of anilines is 1. The van der Waals surface area contributed by atoms with Crippen LogP contribution in [0.5, 0.6) is 0 Å². The summed E-state index contributed by atoms with van der Waals surface area (Å²) in [5, 5.41) is 3.59. The van der Waals surface area contributed by atoms with Crippen LogP contribution in [-0.4, -0.2) is 59.9 Å². The highest BCUT2D eigenvalue weighted by molar-refractivity contribution is 6.31. The van der Waals surface area contributed by atoms with Crippen LogP contribution in [0, 0.1) is 6.92 Å². The van der Waals surface area contributed by atoms with E-state index in [1.165, 1.54) is 4.90 Å². The molecule has 4 rings (SSSR count). The highest BCUT2D eigenvalue weighted by Crippen LogP contribution is 2.30. The van der Waals surface area contributed by atoms with Crippen molar-refractivity contribution >= 4 is 35.1 Å². The van der Waals surface area contributed by atoms with Gasteiger partial charge in [0.05, 0.1) is 6.04 Å². The topological polar surface area (TPSA) is 73.0 Å². The SMILES string of the molecule is Cc1ccc(N2C(=O)N(CC(=O)NCC(c3ccccc3Cl)N3CCCC3)C(=O)C2C)cc1. The molecule has 174 valence electrons. The Morgan fingerprint density at radius 3 is 2.42 bits per heavy atom. The van der Waals surface area contributed by atoms with Crippen LogP contribution >= 0.6 is 11.6 Å². The molecule has 0 aliphatic carbocycles. The maximum Gasteiger partial charge on any atom is 0.332 e. The minimum absolute atomic E-state index is 0.0573. The fraction of sp³-hybridized carbons (Fsp3) is 0.400. The van der Waals surface area contributed by atoms with Crippen LogP contribution in [0.15, 0.2) is 48.5 Å². The molecule has 2 saturated heterocycles. The molecule has 4 amide bonds. The minimum Gasteiger partial charge on any atom is -0.353 e. The van der Waals surface area contributed by atoms with E-state index in [4.69, 9.17) is 11.6 Å². The third kappa shape index (κ3) is 4.89. The van der Waals surface area contributed by atoms with Crippen molar-refractivity contribution < 1.29 is 14.4 Å². The Balaban J connectivity index is 1.43. The molecule has 8 heteroatoms. The molecule has 1 N–H and O–H groups in total. The zero-order valence-electron chi connectivity index (χ0n) is 19.0. The van der Waals surface area contributed by atoms with E-state index in [1.807, 2.05) is 55.5 Å². The van der Waals surface area contributed by atoms with Crippen LogP contribution < -0.4 is 10.2 Å². The largest absolute Gasteiger partial charge is 0.353 e. The summed E-state index contributed by atoms with van der Waals surface area (Å²) in [4.78, 5) is 43.3.